The molecule has 0 aromatic heterocycles. The predicted octanol–water partition coefficient (Wildman–Crippen LogP) is 2.18. The molecule has 0 aliphatic rings. The van der Waals surface area contributed by atoms with Gasteiger partial charge in [-0.2, -0.15) is 0 Å². The standard InChI is InChI=1S/C7H8BrO3P/c8-7-3-1-6(2-4-7)5-11-12(9)10/h1-4,9-10H,5H2. The average Bonchev–Trinajstić information content (AvgIpc) is 2.03. The van der Waals surface area contributed by atoms with Gasteiger partial charge >= 0.3 is 8.60 Å². The van der Waals surface area contributed by atoms with Gasteiger partial charge in [0.2, 0.25) is 0 Å². The summed E-state index contributed by atoms with van der Waals surface area (Å²) >= 11 is 3.29. The summed E-state index contributed by atoms with van der Waals surface area (Å²) in [4.78, 5) is 16.9. The Kier molecular flexibility index (Phi) is 4.12. The third-order valence-electron chi connectivity index (χ3n) is 1.26. The van der Waals surface area contributed by atoms with Crippen LogP contribution in [0.15, 0.2) is 28.7 Å². The molecule has 1 aromatic carbocycles. The van der Waals surface area contributed by atoms with Gasteiger partial charge < -0.3 is 14.3 Å². The van der Waals surface area contributed by atoms with Gasteiger partial charge in [-0.25, -0.2) is 0 Å². The van der Waals surface area contributed by atoms with Crippen molar-refractivity contribution in [1.29, 1.82) is 0 Å². The molecule has 0 bridgehead atoms. The Bertz CT molecular complexity index is 237. The average molecular weight is 251 g/mol. The Morgan fingerprint density at radius 1 is 1.25 bits per heavy atom. The molecule has 0 spiro atoms. The van der Waals surface area contributed by atoms with E-state index in [2.05, 4.69) is 20.5 Å². The molecule has 0 heterocycles. The number of benzene rings is 1. The lowest BCUT2D eigenvalue weighted by Gasteiger charge is -2.03. The molecule has 0 radical (unpaired) electrons. The Balaban J connectivity index is 2.48. The highest BCUT2D eigenvalue weighted by Crippen LogP contribution is 2.26. The summed E-state index contributed by atoms with van der Waals surface area (Å²) < 4.78 is 5.62. The lowest BCUT2D eigenvalue weighted by atomic mass is 10.2. The van der Waals surface area contributed by atoms with Crippen molar-refractivity contribution < 1.29 is 14.3 Å². The van der Waals surface area contributed by atoms with E-state index in [0.717, 1.165) is 10.0 Å². The van der Waals surface area contributed by atoms with Gasteiger partial charge in [0, 0.05) is 4.47 Å². The summed E-state index contributed by atoms with van der Waals surface area (Å²) in [5.41, 5.74) is 0.911. The Morgan fingerprint density at radius 2 is 1.83 bits per heavy atom. The van der Waals surface area contributed by atoms with Gasteiger partial charge in [0.05, 0.1) is 6.61 Å². The van der Waals surface area contributed by atoms with E-state index in [9.17, 15) is 0 Å². The first kappa shape index (κ1) is 10.1. The van der Waals surface area contributed by atoms with Crippen LogP contribution in [0.1, 0.15) is 5.56 Å². The summed E-state index contributed by atoms with van der Waals surface area (Å²) in [7, 11) is -2.24. The zero-order valence-corrected chi connectivity index (χ0v) is 8.62. The number of rotatable bonds is 3. The van der Waals surface area contributed by atoms with E-state index in [1.54, 1.807) is 0 Å². The van der Waals surface area contributed by atoms with Gasteiger partial charge in [-0.05, 0) is 17.7 Å². The van der Waals surface area contributed by atoms with Crippen LogP contribution in [-0.2, 0) is 11.1 Å². The molecular formula is C7H8BrO3P. The van der Waals surface area contributed by atoms with E-state index in [-0.39, 0.29) is 6.61 Å². The van der Waals surface area contributed by atoms with Gasteiger partial charge in [-0.1, -0.05) is 28.1 Å². The topological polar surface area (TPSA) is 49.7 Å². The zero-order valence-electron chi connectivity index (χ0n) is 6.14. The summed E-state index contributed by atoms with van der Waals surface area (Å²) in [5, 5.41) is 0. The number of halogens is 1. The van der Waals surface area contributed by atoms with Gasteiger partial charge in [0.25, 0.3) is 0 Å². The molecule has 66 valence electrons. The lowest BCUT2D eigenvalue weighted by molar-refractivity contribution is 0.246. The molecule has 1 aromatic rings. The van der Waals surface area contributed by atoms with Crippen molar-refractivity contribution in [3.05, 3.63) is 34.3 Å². The SMILES string of the molecule is OP(O)OCc1ccc(Br)cc1. The van der Waals surface area contributed by atoms with Gasteiger partial charge in [-0.3, -0.25) is 0 Å². The lowest BCUT2D eigenvalue weighted by Crippen LogP contribution is -1.86. The van der Waals surface area contributed by atoms with Crippen LogP contribution in [0.3, 0.4) is 0 Å². The minimum absolute atomic E-state index is 0.228. The van der Waals surface area contributed by atoms with Gasteiger partial charge in [-0.15, -0.1) is 0 Å². The maximum atomic E-state index is 8.46. The zero-order chi connectivity index (χ0) is 8.97. The molecule has 0 saturated carbocycles. The summed E-state index contributed by atoms with van der Waals surface area (Å²) in [6, 6.07) is 7.44. The highest BCUT2D eigenvalue weighted by atomic mass is 79.9. The van der Waals surface area contributed by atoms with E-state index in [4.69, 9.17) is 9.79 Å². The monoisotopic (exact) mass is 250 g/mol. The first-order chi connectivity index (χ1) is 5.68. The first-order valence-corrected chi connectivity index (χ1v) is 5.19. The molecule has 3 nitrogen and oxygen atoms in total. The van der Waals surface area contributed by atoms with Crippen molar-refractivity contribution in [3.63, 3.8) is 0 Å². The second kappa shape index (κ2) is 4.90. The summed E-state index contributed by atoms with van der Waals surface area (Å²) in [6.07, 6.45) is 0. The third-order valence-corrected chi connectivity index (χ3v) is 2.15. The van der Waals surface area contributed by atoms with Crippen molar-refractivity contribution in [1.82, 2.24) is 0 Å². The van der Waals surface area contributed by atoms with Crippen molar-refractivity contribution in [2.45, 2.75) is 6.61 Å². The van der Waals surface area contributed by atoms with Crippen molar-refractivity contribution in [2.75, 3.05) is 0 Å². The third kappa shape index (κ3) is 3.61. The molecule has 12 heavy (non-hydrogen) atoms. The fourth-order valence-corrected chi connectivity index (χ4v) is 1.24. The van der Waals surface area contributed by atoms with Crippen LogP contribution in [-0.4, -0.2) is 9.79 Å². The predicted molar refractivity (Wildman–Crippen MR) is 50.3 cm³/mol. The molecule has 0 amide bonds. The van der Waals surface area contributed by atoms with Crippen LogP contribution < -0.4 is 0 Å². The maximum Gasteiger partial charge on any atom is 0.327 e. The van der Waals surface area contributed by atoms with Crippen LogP contribution >= 0.6 is 24.5 Å². The second-order valence-electron chi connectivity index (χ2n) is 2.15. The quantitative estimate of drug-likeness (QED) is 0.809. The minimum Gasteiger partial charge on any atom is -0.328 e. The summed E-state index contributed by atoms with van der Waals surface area (Å²) in [6.45, 7) is 0.228. The van der Waals surface area contributed by atoms with Crippen LogP contribution in [0.2, 0.25) is 0 Å². The van der Waals surface area contributed by atoms with E-state index >= 15 is 0 Å². The smallest absolute Gasteiger partial charge is 0.327 e. The number of hydrogen-bond acceptors (Lipinski definition) is 3. The van der Waals surface area contributed by atoms with Crippen LogP contribution in [0.5, 0.6) is 0 Å². The summed E-state index contributed by atoms with van der Waals surface area (Å²) in [5.74, 6) is 0. The van der Waals surface area contributed by atoms with E-state index in [1.807, 2.05) is 24.3 Å². The minimum atomic E-state index is -2.24. The van der Waals surface area contributed by atoms with E-state index < -0.39 is 8.60 Å². The van der Waals surface area contributed by atoms with Crippen molar-refractivity contribution in [2.24, 2.45) is 0 Å². The Hall–Kier alpha value is 0.0100. The highest BCUT2D eigenvalue weighted by molar-refractivity contribution is 9.10. The largest absolute Gasteiger partial charge is 0.328 e. The second-order valence-corrected chi connectivity index (χ2v) is 3.83. The molecule has 0 atom stereocenters. The Labute approximate surface area is 80.1 Å². The molecule has 1 rings (SSSR count). The maximum absolute atomic E-state index is 8.46. The van der Waals surface area contributed by atoms with E-state index in [0.29, 0.717) is 0 Å². The van der Waals surface area contributed by atoms with Gasteiger partial charge in [0.1, 0.15) is 0 Å². The molecular weight excluding hydrogens is 243 g/mol. The first-order valence-electron chi connectivity index (χ1n) is 3.24. The molecule has 2 N–H and O–H groups in total. The highest BCUT2D eigenvalue weighted by Gasteiger charge is 1.99. The molecule has 0 saturated heterocycles. The molecule has 0 unspecified atom stereocenters. The van der Waals surface area contributed by atoms with E-state index in [1.165, 1.54) is 0 Å². The Morgan fingerprint density at radius 3 is 2.33 bits per heavy atom. The van der Waals surface area contributed by atoms with Crippen LogP contribution in [0.25, 0.3) is 0 Å². The van der Waals surface area contributed by atoms with Crippen molar-refractivity contribution in [3.8, 4) is 0 Å². The fourth-order valence-electron chi connectivity index (χ4n) is 0.713. The molecule has 0 aliphatic heterocycles. The van der Waals surface area contributed by atoms with Crippen LogP contribution in [0.4, 0.5) is 0 Å². The molecule has 0 aliphatic carbocycles. The fraction of sp³-hybridized carbons (Fsp3) is 0.143. The number of hydrogen-bond donors (Lipinski definition) is 2. The van der Waals surface area contributed by atoms with Crippen molar-refractivity contribution >= 4 is 24.5 Å². The molecule has 0 fully saturated rings. The normalized spacial score (nSPS) is 10.7. The van der Waals surface area contributed by atoms with Gasteiger partial charge in [0.15, 0.2) is 0 Å². The molecule has 5 heteroatoms. The van der Waals surface area contributed by atoms with Crippen LogP contribution in [0, 0.1) is 0 Å².